The lowest BCUT2D eigenvalue weighted by molar-refractivity contribution is -0.671. The van der Waals surface area contributed by atoms with Crippen molar-refractivity contribution in [3.05, 3.63) is 18.7 Å². The predicted octanol–water partition coefficient (Wildman–Crippen LogP) is 0.428. The number of ether oxygens (including phenoxy) is 1. The van der Waals surface area contributed by atoms with Crippen LogP contribution in [0.4, 0.5) is 0 Å². The van der Waals surface area contributed by atoms with Gasteiger partial charge in [0, 0.05) is 13.8 Å². The van der Waals surface area contributed by atoms with Crippen molar-refractivity contribution in [2.75, 3.05) is 0 Å². The number of aromatic nitrogens is 2. The smallest absolute Gasteiger partial charge is 0.310 e. The van der Waals surface area contributed by atoms with Crippen molar-refractivity contribution < 1.29 is 18.9 Å². The molecule has 5 heteroatoms. The summed E-state index contributed by atoms with van der Waals surface area (Å²) in [6.07, 6.45) is 6.14. The molecule has 0 saturated heterocycles. The summed E-state index contributed by atoms with van der Waals surface area (Å²) in [5.74, 6) is -1.12. The molecule has 5 nitrogen and oxygen atoms in total. The monoisotopic (exact) mass is 213 g/mol. The summed E-state index contributed by atoms with van der Waals surface area (Å²) < 4.78 is 8.13. The number of hydrogen-bond acceptors (Lipinski definition) is 3. The lowest BCUT2D eigenvalue weighted by Gasteiger charge is -1.87. The molecule has 1 rings (SSSR count). The first kappa shape index (κ1) is 13.4. The molecule has 0 amide bonds. The second-order valence-corrected chi connectivity index (χ2v) is 2.99. The Labute approximate surface area is 89.3 Å². The Morgan fingerprint density at radius 3 is 2.00 bits per heavy atom. The van der Waals surface area contributed by atoms with Gasteiger partial charge in [-0.3, -0.25) is 9.59 Å². The maximum Gasteiger partial charge on any atom is 0.310 e. The van der Waals surface area contributed by atoms with Crippen LogP contribution < -0.4 is 4.57 Å². The number of hydrogen-bond donors (Lipinski definition) is 0. The molecule has 0 aliphatic rings. The van der Waals surface area contributed by atoms with Crippen molar-refractivity contribution >= 4 is 11.9 Å². The molecule has 0 unspecified atom stereocenters. The Hall–Kier alpha value is -1.65. The number of imidazole rings is 1. The summed E-state index contributed by atoms with van der Waals surface area (Å²) in [6, 6.07) is 0. The summed E-state index contributed by atoms with van der Waals surface area (Å²) in [7, 11) is 2.02. The lowest BCUT2D eigenvalue weighted by Crippen LogP contribution is -2.23. The second kappa shape index (κ2) is 6.75. The molecule has 0 fully saturated rings. The predicted molar refractivity (Wildman–Crippen MR) is 53.7 cm³/mol. The van der Waals surface area contributed by atoms with Gasteiger partial charge in [-0.15, -0.1) is 0 Å². The first-order chi connectivity index (χ1) is 6.95. The van der Waals surface area contributed by atoms with E-state index in [-0.39, 0.29) is 0 Å². The molecule has 0 aliphatic heterocycles. The molecule has 1 aromatic rings. The number of nitrogens with zero attached hydrogens (tertiary/aromatic N) is 2. The highest BCUT2D eigenvalue weighted by atomic mass is 16.6. The van der Waals surface area contributed by atoms with Gasteiger partial charge in [0.25, 0.3) is 0 Å². The van der Waals surface area contributed by atoms with Crippen molar-refractivity contribution in [3.63, 3.8) is 0 Å². The summed E-state index contributed by atoms with van der Waals surface area (Å²) in [5, 5.41) is 0. The molecule has 0 atom stereocenters. The molecule has 0 N–H and O–H groups in total. The normalized spacial score (nSPS) is 8.80. The fraction of sp³-hybridized carbons (Fsp3) is 0.500. The molecular formula is C10H17N2O3+. The standard InChI is InChI=1S/C6H11N2.C4H6O3/c1-3-8-5-4-7(2)6-8;1-3(5)7-4(2)6/h4-6H,3H2,1-2H3;1-2H3/q+1;. The average Bonchev–Trinajstić information content (AvgIpc) is 2.49. The largest absolute Gasteiger partial charge is 0.394 e. The van der Waals surface area contributed by atoms with Crippen LogP contribution in [0.3, 0.4) is 0 Å². The van der Waals surface area contributed by atoms with E-state index >= 15 is 0 Å². The third-order valence-electron chi connectivity index (χ3n) is 1.48. The zero-order valence-corrected chi connectivity index (χ0v) is 9.56. The molecule has 1 heterocycles. The summed E-state index contributed by atoms with van der Waals surface area (Å²) >= 11 is 0. The number of carbonyl (C=O) groups excluding carboxylic acids is 2. The van der Waals surface area contributed by atoms with Crippen LogP contribution in [0.2, 0.25) is 0 Å². The van der Waals surface area contributed by atoms with Crippen LogP contribution in [-0.2, 0) is 27.9 Å². The maximum atomic E-state index is 9.81. The van der Waals surface area contributed by atoms with Crippen molar-refractivity contribution in [1.29, 1.82) is 0 Å². The van der Waals surface area contributed by atoms with Crippen LogP contribution in [0.1, 0.15) is 20.8 Å². The minimum atomic E-state index is -0.562. The van der Waals surface area contributed by atoms with Gasteiger partial charge in [0.2, 0.25) is 6.33 Å². The zero-order valence-electron chi connectivity index (χ0n) is 9.56. The Balaban J connectivity index is 0.000000265. The SMILES string of the molecule is CC(=O)OC(C)=O.CCn1cc[n+](C)c1. The van der Waals surface area contributed by atoms with Gasteiger partial charge in [0.05, 0.1) is 13.6 Å². The van der Waals surface area contributed by atoms with E-state index in [1.165, 1.54) is 13.8 Å². The first-order valence-corrected chi connectivity index (χ1v) is 4.65. The van der Waals surface area contributed by atoms with Gasteiger partial charge in [-0.1, -0.05) is 0 Å². The third-order valence-corrected chi connectivity index (χ3v) is 1.48. The molecule has 84 valence electrons. The van der Waals surface area contributed by atoms with Crippen molar-refractivity contribution in [2.24, 2.45) is 7.05 Å². The van der Waals surface area contributed by atoms with Crippen LogP contribution in [-0.4, -0.2) is 16.5 Å². The van der Waals surface area contributed by atoms with Crippen molar-refractivity contribution in [3.8, 4) is 0 Å². The lowest BCUT2D eigenvalue weighted by atomic mass is 10.7. The van der Waals surface area contributed by atoms with Gasteiger partial charge in [-0.25, -0.2) is 9.13 Å². The molecule has 0 spiro atoms. The van der Waals surface area contributed by atoms with E-state index in [9.17, 15) is 9.59 Å². The first-order valence-electron chi connectivity index (χ1n) is 4.65. The highest BCUT2D eigenvalue weighted by Gasteiger charge is 1.93. The molecule has 0 radical (unpaired) electrons. The third kappa shape index (κ3) is 7.42. The molecule has 0 saturated carbocycles. The fourth-order valence-electron chi connectivity index (χ4n) is 0.891. The minimum Gasteiger partial charge on any atom is -0.394 e. The zero-order chi connectivity index (χ0) is 11.8. The number of esters is 2. The van der Waals surface area contributed by atoms with E-state index in [4.69, 9.17) is 0 Å². The van der Waals surface area contributed by atoms with Crippen molar-refractivity contribution in [2.45, 2.75) is 27.3 Å². The molecular weight excluding hydrogens is 196 g/mol. The molecule has 1 aromatic heterocycles. The second-order valence-electron chi connectivity index (χ2n) is 2.99. The summed E-state index contributed by atoms with van der Waals surface area (Å²) in [6.45, 7) is 5.55. The average molecular weight is 213 g/mol. The Kier molecular flexibility index (Phi) is 6.01. The summed E-state index contributed by atoms with van der Waals surface area (Å²) in [4.78, 5) is 19.6. The van der Waals surface area contributed by atoms with Crippen LogP contribution >= 0.6 is 0 Å². The fourth-order valence-corrected chi connectivity index (χ4v) is 0.891. The van der Waals surface area contributed by atoms with Gasteiger partial charge in [0.1, 0.15) is 12.4 Å². The van der Waals surface area contributed by atoms with Crippen molar-refractivity contribution in [1.82, 2.24) is 4.57 Å². The van der Waals surface area contributed by atoms with Crippen LogP contribution in [0.15, 0.2) is 18.7 Å². The highest BCUT2D eigenvalue weighted by molar-refractivity contribution is 5.82. The van der Waals surface area contributed by atoms with E-state index in [1.807, 2.05) is 17.8 Å². The van der Waals surface area contributed by atoms with Crippen LogP contribution in [0, 0.1) is 0 Å². The molecule has 0 aliphatic carbocycles. The van der Waals surface area contributed by atoms with Crippen LogP contribution in [0.25, 0.3) is 0 Å². The quantitative estimate of drug-likeness (QED) is 0.386. The minimum absolute atomic E-state index is 0.562. The van der Waals surface area contributed by atoms with Gasteiger partial charge in [-0.2, -0.15) is 0 Å². The van der Waals surface area contributed by atoms with E-state index in [0.29, 0.717) is 0 Å². The molecule has 0 aromatic carbocycles. The van der Waals surface area contributed by atoms with E-state index in [0.717, 1.165) is 6.54 Å². The van der Waals surface area contributed by atoms with E-state index in [1.54, 1.807) is 0 Å². The van der Waals surface area contributed by atoms with E-state index in [2.05, 4.69) is 28.8 Å². The summed E-state index contributed by atoms with van der Waals surface area (Å²) in [5.41, 5.74) is 0. The maximum absolute atomic E-state index is 9.81. The van der Waals surface area contributed by atoms with Gasteiger partial charge < -0.3 is 4.74 Å². The highest BCUT2D eigenvalue weighted by Crippen LogP contribution is 1.79. The number of rotatable bonds is 1. The molecule has 15 heavy (non-hydrogen) atoms. The number of aryl methyl sites for hydroxylation is 2. The topological polar surface area (TPSA) is 52.2 Å². The Morgan fingerprint density at radius 1 is 1.33 bits per heavy atom. The van der Waals surface area contributed by atoms with Crippen LogP contribution in [0.5, 0.6) is 0 Å². The van der Waals surface area contributed by atoms with Gasteiger partial charge in [-0.05, 0) is 6.92 Å². The Bertz CT molecular complexity index is 319. The van der Waals surface area contributed by atoms with Gasteiger partial charge in [0.15, 0.2) is 0 Å². The van der Waals surface area contributed by atoms with Gasteiger partial charge >= 0.3 is 11.9 Å². The Morgan fingerprint density at radius 2 is 1.87 bits per heavy atom. The number of carbonyl (C=O) groups is 2. The van der Waals surface area contributed by atoms with E-state index < -0.39 is 11.9 Å². The molecule has 0 bridgehead atoms.